The van der Waals surface area contributed by atoms with Crippen LogP contribution in [0.3, 0.4) is 0 Å². The second-order valence-corrected chi connectivity index (χ2v) is 6.96. The quantitative estimate of drug-likeness (QED) is 0.687. The highest BCUT2D eigenvalue weighted by Gasteiger charge is 2.17. The van der Waals surface area contributed by atoms with Crippen molar-refractivity contribution in [1.29, 1.82) is 0 Å². The summed E-state index contributed by atoms with van der Waals surface area (Å²) in [5, 5.41) is 4.74. The third-order valence-electron chi connectivity index (χ3n) is 5.19. The van der Waals surface area contributed by atoms with Crippen LogP contribution in [0.5, 0.6) is 11.5 Å². The minimum atomic E-state index is 0.482. The van der Waals surface area contributed by atoms with E-state index in [0.29, 0.717) is 23.4 Å². The number of para-hydroxylation sites is 1. The molecule has 1 aliphatic carbocycles. The Morgan fingerprint density at radius 2 is 1.67 bits per heavy atom. The molecule has 1 N–H and O–H groups in total. The monoisotopic (exact) mass is 363 g/mol. The minimum absolute atomic E-state index is 0.482. The lowest BCUT2D eigenvalue weighted by molar-refractivity contribution is 0.355. The first kappa shape index (κ1) is 17.6. The fourth-order valence-electron chi connectivity index (χ4n) is 3.73. The fourth-order valence-corrected chi connectivity index (χ4v) is 3.73. The summed E-state index contributed by atoms with van der Waals surface area (Å²) in [4.78, 5) is 9.66. The van der Waals surface area contributed by atoms with E-state index in [0.717, 1.165) is 22.3 Å². The maximum absolute atomic E-state index is 5.44. The van der Waals surface area contributed by atoms with Gasteiger partial charge in [-0.05, 0) is 43.2 Å². The van der Waals surface area contributed by atoms with E-state index in [1.54, 1.807) is 14.2 Å². The molecule has 2 aromatic carbocycles. The van der Waals surface area contributed by atoms with Gasteiger partial charge < -0.3 is 14.8 Å². The van der Waals surface area contributed by atoms with E-state index in [4.69, 9.17) is 19.4 Å². The zero-order valence-electron chi connectivity index (χ0n) is 15.9. The molecule has 3 aromatic rings. The van der Waals surface area contributed by atoms with Gasteiger partial charge in [0.1, 0.15) is 5.82 Å². The average molecular weight is 363 g/mol. The molecular formula is C22H25N3O2. The number of anilines is 1. The molecule has 0 amide bonds. The number of hydrogen-bond donors (Lipinski definition) is 1. The molecule has 4 rings (SSSR count). The lowest BCUT2D eigenvalue weighted by atomic mass is 9.95. The average Bonchev–Trinajstić information content (AvgIpc) is 2.74. The Labute approximate surface area is 159 Å². The second-order valence-electron chi connectivity index (χ2n) is 6.96. The number of hydrogen-bond acceptors (Lipinski definition) is 5. The van der Waals surface area contributed by atoms with Crippen molar-refractivity contribution < 1.29 is 9.47 Å². The Balaban J connectivity index is 1.77. The fraction of sp³-hybridized carbons (Fsp3) is 0.364. The molecule has 0 unspecified atom stereocenters. The predicted octanol–water partition coefficient (Wildman–Crippen LogP) is 5.06. The molecule has 1 saturated carbocycles. The first-order valence-corrected chi connectivity index (χ1v) is 9.54. The van der Waals surface area contributed by atoms with Crippen LogP contribution >= 0.6 is 0 Å². The number of methoxy groups -OCH3 is 2. The van der Waals surface area contributed by atoms with Crippen LogP contribution in [0, 0.1) is 0 Å². The smallest absolute Gasteiger partial charge is 0.162 e. The molecule has 140 valence electrons. The van der Waals surface area contributed by atoms with Crippen molar-refractivity contribution >= 4 is 16.7 Å². The number of nitrogens with zero attached hydrogens (tertiary/aromatic N) is 2. The molecule has 0 aliphatic heterocycles. The molecule has 5 nitrogen and oxygen atoms in total. The van der Waals surface area contributed by atoms with Crippen LogP contribution in [-0.4, -0.2) is 30.2 Å². The molecule has 5 heteroatoms. The van der Waals surface area contributed by atoms with Crippen LogP contribution in [0.2, 0.25) is 0 Å². The third kappa shape index (κ3) is 3.68. The van der Waals surface area contributed by atoms with Gasteiger partial charge in [-0.15, -0.1) is 0 Å². The molecule has 1 aromatic heterocycles. The summed E-state index contributed by atoms with van der Waals surface area (Å²) in [5.74, 6) is 2.97. The SMILES string of the molecule is COc1ccc(-c2nc(NC3CCCCC3)c3ccccc3n2)cc1OC. The zero-order chi connectivity index (χ0) is 18.6. The van der Waals surface area contributed by atoms with Gasteiger partial charge in [0.25, 0.3) is 0 Å². The van der Waals surface area contributed by atoms with Crippen molar-refractivity contribution in [2.75, 3.05) is 19.5 Å². The highest BCUT2D eigenvalue weighted by Crippen LogP contribution is 2.33. The van der Waals surface area contributed by atoms with E-state index < -0.39 is 0 Å². The summed E-state index contributed by atoms with van der Waals surface area (Å²) in [6.45, 7) is 0. The highest BCUT2D eigenvalue weighted by atomic mass is 16.5. The molecule has 0 radical (unpaired) electrons. The number of ether oxygens (including phenoxy) is 2. The van der Waals surface area contributed by atoms with Crippen molar-refractivity contribution in [3.05, 3.63) is 42.5 Å². The molecule has 1 heterocycles. The van der Waals surface area contributed by atoms with Crippen LogP contribution in [0.4, 0.5) is 5.82 Å². The Hall–Kier alpha value is -2.82. The summed E-state index contributed by atoms with van der Waals surface area (Å²) >= 11 is 0. The molecule has 27 heavy (non-hydrogen) atoms. The largest absolute Gasteiger partial charge is 0.493 e. The molecule has 1 aliphatic rings. The standard InChI is InChI=1S/C22H25N3O2/c1-26-19-13-12-15(14-20(19)27-2)21-24-18-11-7-6-10-17(18)22(25-21)23-16-8-4-3-5-9-16/h6-7,10-14,16H,3-5,8-9H2,1-2H3,(H,23,24,25). The van der Waals surface area contributed by atoms with Crippen molar-refractivity contribution in [2.24, 2.45) is 0 Å². The van der Waals surface area contributed by atoms with Gasteiger partial charge in [-0.25, -0.2) is 9.97 Å². The van der Waals surface area contributed by atoms with Crippen molar-refractivity contribution in [1.82, 2.24) is 9.97 Å². The van der Waals surface area contributed by atoms with Crippen molar-refractivity contribution in [3.63, 3.8) is 0 Å². The Bertz CT molecular complexity index is 936. The van der Waals surface area contributed by atoms with Crippen LogP contribution in [0.25, 0.3) is 22.3 Å². The van der Waals surface area contributed by atoms with Crippen molar-refractivity contribution in [3.8, 4) is 22.9 Å². The Morgan fingerprint density at radius 3 is 2.44 bits per heavy atom. The highest BCUT2D eigenvalue weighted by molar-refractivity contribution is 5.90. The maximum Gasteiger partial charge on any atom is 0.162 e. The number of nitrogens with one attached hydrogen (secondary N) is 1. The molecule has 0 spiro atoms. The first-order valence-electron chi connectivity index (χ1n) is 9.54. The van der Waals surface area contributed by atoms with Gasteiger partial charge in [0.15, 0.2) is 17.3 Å². The third-order valence-corrected chi connectivity index (χ3v) is 5.19. The minimum Gasteiger partial charge on any atom is -0.493 e. The van der Waals surface area contributed by atoms with Gasteiger partial charge >= 0.3 is 0 Å². The van der Waals surface area contributed by atoms with Gasteiger partial charge in [0, 0.05) is 17.0 Å². The normalized spacial score (nSPS) is 14.9. The van der Waals surface area contributed by atoms with Gasteiger partial charge in [-0.3, -0.25) is 0 Å². The van der Waals surface area contributed by atoms with Gasteiger partial charge in [-0.2, -0.15) is 0 Å². The van der Waals surface area contributed by atoms with Crippen LogP contribution in [0.15, 0.2) is 42.5 Å². The van der Waals surface area contributed by atoms with Crippen molar-refractivity contribution in [2.45, 2.75) is 38.1 Å². The van der Waals surface area contributed by atoms with E-state index in [1.807, 2.05) is 36.4 Å². The number of benzene rings is 2. The molecule has 0 bridgehead atoms. The van der Waals surface area contributed by atoms with E-state index in [-0.39, 0.29) is 0 Å². The lowest BCUT2D eigenvalue weighted by Gasteiger charge is -2.24. The van der Waals surface area contributed by atoms with Crippen LogP contribution in [-0.2, 0) is 0 Å². The van der Waals surface area contributed by atoms with E-state index in [2.05, 4.69) is 11.4 Å². The Kier molecular flexibility index (Phi) is 5.10. The van der Waals surface area contributed by atoms with Gasteiger partial charge in [-0.1, -0.05) is 31.4 Å². The summed E-state index contributed by atoms with van der Waals surface area (Å²) in [5.41, 5.74) is 1.85. The first-order chi connectivity index (χ1) is 13.3. The van der Waals surface area contributed by atoms with Gasteiger partial charge in [0.05, 0.1) is 19.7 Å². The number of fused-ring (bicyclic) bond motifs is 1. The van der Waals surface area contributed by atoms with Gasteiger partial charge in [0.2, 0.25) is 0 Å². The number of rotatable bonds is 5. The van der Waals surface area contributed by atoms with Crippen LogP contribution < -0.4 is 14.8 Å². The second kappa shape index (κ2) is 7.82. The molecule has 0 saturated heterocycles. The topological polar surface area (TPSA) is 56.3 Å². The molecule has 1 fully saturated rings. The zero-order valence-corrected chi connectivity index (χ0v) is 15.9. The maximum atomic E-state index is 5.44. The molecule has 0 atom stereocenters. The number of aromatic nitrogens is 2. The van der Waals surface area contributed by atoms with E-state index in [9.17, 15) is 0 Å². The summed E-state index contributed by atoms with van der Waals surface area (Å²) in [7, 11) is 3.27. The van der Waals surface area contributed by atoms with E-state index in [1.165, 1.54) is 32.1 Å². The Morgan fingerprint density at radius 1 is 0.889 bits per heavy atom. The lowest BCUT2D eigenvalue weighted by Crippen LogP contribution is -2.23. The predicted molar refractivity (Wildman–Crippen MR) is 109 cm³/mol. The molecular weight excluding hydrogens is 338 g/mol. The summed E-state index contributed by atoms with van der Waals surface area (Å²) < 4.78 is 10.8. The summed E-state index contributed by atoms with van der Waals surface area (Å²) in [6.07, 6.45) is 6.29. The summed E-state index contributed by atoms with van der Waals surface area (Å²) in [6, 6.07) is 14.4. The van der Waals surface area contributed by atoms with E-state index >= 15 is 0 Å². The van der Waals surface area contributed by atoms with Crippen LogP contribution in [0.1, 0.15) is 32.1 Å².